The van der Waals surface area contributed by atoms with Crippen molar-refractivity contribution in [3.05, 3.63) is 35.4 Å². The molecule has 0 aromatic heterocycles. The first kappa shape index (κ1) is 14.0. The summed E-state index contributed by atoms with van der Waals surface area (Å²) in [5.41, 5.74) is 2.40. The number of Topliss-reactive ketones (excluding diaryl/α,β-unsaturated/α-hetero) is 1. The van der Waals surface area contributed by atoms with Crippen molar-refractivity contribution < 1.29 is 4.79 Å². The number of carbonyl (C=O) groups excluding carboxylic acids is 1. The van der Waals surface area contributed by atoms with Gasteiger partial charge in [0.25, 0.3) is 0 Å². The minimum Gasteiger partial charge on any atom is -0.299 e. The lowest BCUT2D eigenvalue weighted by atomic mass is 9.87. The highest BCUT2D eigenvalue weighted by Crippen LogP contribution is 2.19. The lowest BCUT2D eigenvalue weighted by molar-refractivity contribution is -0.126. The van der Waals surface area contributed by atoms with E-state index < -0.39 is 0 Å². The maximum Gasteiger partial charge on any atom is 0.138 e. The molecule has 0 amide bonds. The molecule has 0 spiro atoms. The van der Waals surface area contributed by atoms with Gasteiger partial charge in [-0.25, -0.2) is 0 Å². The standard InChI is InChI=1S/C16H24O/c1-12(2)14-9-6-13(7-10-14)8-11-15(17)16(3,4)5/h6-7,9-10,12H,8,11H2,1-5H3. The number of rotatable bonds is 4. The molecular weight excluding hydrogens is 208 g/mol. The van der Waals surface area contributed by atoms with Gasteiger partial charge in [0.05, 0.1) is 0 Å². The fourth-order valence-electron chi connectivity index (χ4n) is 1.70. The van der Waals surface area contributed by atoms with Gasteiger partial charge in [-0.2, -0.15) is 0 Å². The fourth-order valence-corrected chi connectivity index (χ4v) is 1.70. The highest BCUT2D eigenvalue weighted by molar-refractivity contribution is 5.83. The van der Waals surface area contributed by atoms with Gasteiger partial charge in [0.15, 0.2) is 0 Å². The molecule has 0 N–H and O–H groups in total. The first-order chi connectivity index (χ1) is 7.80. The van der Waals surface area contributed by atoms with Crippen molar-refractivity contribution in [2.75, 3.05) is 0 Å². The zero-order chi connectivity index (χ0) is 13.1. The smallest absolute Gasteiger partial charge is 0.138 e. The van der Waals surface area contributed by atoms with Crippen LogP contribution in [0.4, 0.5) is 0 Å². The molecular formula is C16H24O. The fraction of sp³-hybridized carbons (Fsp3) is 0.562. The molecule has 0 heterocycles. The van der Waals surface area contributed by atoms with Crippen LogP contribution in [0.3, 0.4) is 0 Å². The second-order valence-electron chi connectivity index (χ2n) is 6.07. The lowest BCUT2D eigenvalue weighted by Gasteiger charge is -2.16. The number of benzene rings is 1. The molecule has 0 fully saturated rings. The summed E-state index contributed by atoms with van der Waals surface area (Å²) in [6.07, 6.45) is 1.50. The molecule has 0 radical (unpaired) electrons. The van der Waals surface area contributed by atoms with Gasteiger partial charge >= 0.3 is 0 Å². The number of hydrogen-bond donors (Lipinski definition) is 0. The van der Waals surface area contributed by atoms with Crippen LogP contribution < -0.4 is 0 Å². The van der Waals surface area contributed by atoms with Crippen molar-refractivity contribution in [1.82, 2.24) is 0 Å². The summed E-state index contributed by atoms with van der Waals surface area (Å²) in [4.78, 5) is 11.8. The predicted octanol–water partition coefficient (Wildman–Crippen LogP) is 4.36. The molecule has 94 valence electrons. The van der Waals surface area contributed by atoms with E-state index in [9.17, 15) is 4.79 Å². The zero-order valence-corrected chi connectivity index (χ0v) is 11.7. The molecule has 0 saturated heterocycles. The van der Waals surface area contributed by atoms with Crippen molar-refractivity contribution in [3.63, 3.8) is 0 Å². The van der Waals surface area contributed by atoms with Gasteiger partial charge in [-0.05, 0) is 23.5 Å². The molecule has 0 saturated carbocycles. The van der Waals surface area contributed by atoms with Crippen molar-refractivity contribution in [2.24, 2.45) is 5.41 Å². The molecule has 0 aliphatic rings. The Kier molecular flexibility index (Phi) is 4.50. The van der Waals surface area contributed by atoms with Gasteiger partial charge in [0.2, 0.25) is 0 Å². The first-order valence-corrected chi connectivity index (χ1v) is 6.43. The number of carbonyl (C=O) groups is 1. The lowest BCUT2D eigenvalue weighted by Crippen LogP contribution is -2.20. The maximum atomic E-state index is 11.8. The van der Waals surface area contributed by atoms with Crippen molar-refractivity contribution in [1.29, 1.82) is 0 Å². The molecule has 17 heavy (non-hydrogen) atoms. The van der Waals surface area contributed by atoms with E-state index in [1.54, 1.807) is 0 Å². The third kappa shape index (κ3) is 4.33. The second-order valence-corrected chi connectivity index (χ2v) is 6.07. The van der Waals surface area contributed by atoms with Crippen LogP contribution in [0.2, 0.25) is 0 Å². The highest BCUT2D eigenvalue weighted by Gasteiger charge is 2.20. The average Bonchev–Trinajstić information content (AvgIpc) is 2.25. The Morgan fingerprint density at radius 3 is 2.06 bits per heavy atom. The van der Waals surface area contributed by atoms with Gasteiger partial charge in [-0.15, -0.1) is 0 Å². The van der Waals surface area contributed by atoms with E-state index >= 15 is 0 Å². The monoisotopic (exact) mass is 232 g/mol. The Balaban J connectivity index is 2.56. The number of ketones is 1. The average molecular weight is 232 g/mol. The molecule has 0 aliphatic carbocycles. The largest absolute Gasteiger partial charge is 0.299 e. The van der Waals surface area contributed by atoms with Crippen LogP contribution in [0.5, 0.6) is 0 Å². The van der Waals surface area contributed by atoms with E-state index in [1.165, 1.54) is 11.1 Å². The summed E-state index contributed by atoms with van der Waals surface area (Å²) in [6.45, 7) is 10.3. The van der Waals surface area contributed by atoms with Crippen LogP contribution >= 0.6 is 0 Å². The quantitative estimate of drug-likeness (QED) is 0.754. The van der Waals surface area contributed by atoms with Crippen LogP contribution in [0.1, 0.15) is 58.1 Å². The Bertz CT molecular complexity index is 366. The maximum absolute atomic E-state index is 11.8. The Morgan fingerprint density at radius 2 is 1.65 bits per heavy atom. The van der Waals surface area contributed by atoms with E-state index in [0.29, 0.717) is 18.1 Å². The molecule has 0 bridgehead atoms. The minimum absolute atomic E-state index is 0.210. The Morgan fingerprint density at radius 1 is 1.12 bits per heavy atom. The Labute approximate surface area is 105 Å². The molecule has 0 aliphatic heterocycles. The SMILES string of the molecule is CC(C)c1ccc(CCC(=O)C(C)(C)C)cc1. The van der Waals surface area contributed by atoms with Crippen LogP contribution in [0.15, 0.2) is 24.3 Å². The van der Waals surface area contributed by atoms with Gasteiger partial charge in [0, 0.05) is 11.8 Å². The minimum atomic E-state index is -0.210. The number of hydrogen-bond acceptors (Lipinski definition) is 1. The van der Waals surface area contributed by atoms with E-state index in [4.69, 9.17) is 0 Å². The van der Waals surface area contributed by atoms with Crippen molar-refractivity contribution in [2.45, 2.75) is 53.4 Å². The molecule has 0 unspecified atom stereocenters. The summed E-state index contributed by atoms with van der Waals surface area (Å²) < 4.78 is 0. The zero-order valence-electron chi connectivity index (χ0n) is 11.7. The second kappa shape index (κ2) is 5.48. The number of aryl methyl sites for hydroxylation is 1. The normalized spacial score (nSPS) is 11.9. The topological polar surface area (TPSA) is 17.1 Å². The van der Waals surface area contributed by atoms with E-state index in [2.05, 4.69) is 38.1 Å². The van der Waals surface area contributed by atoms with Crippen LogP contribution in [0.25, 0.3) is 0 Å². The molecule has 1 rings (SSSR count). The summed E-state index contributed by atoms with van der Waals surface area (Å²) in [6, 6.07) is 8.62. The van der Waals surface area contributed by atoms with E-state index in [-0.39, 0.29) is 5.41 Å². The highest BCUT2D eigenvalue weighted by atomic mass is 16.1. The van der Waals surface area contributed by atoms with E-state index in [1.807, 2.05) is 20.8 Å². The summed E-state index contributed by atoms with van der Waals surface area (Å²) >= 11 is 0. The van der Waals surface area contributed by atoms with Crippen molar-refractivity contribution in [3.8, 4) is 0 Å². The summed E-state index contributed by atoms with van der Waals surface area (Å²) in [5, 5.41) is 0. The van der Waals surface area contributed by atoms with Gasteiger partial charge < -0.3 is 0 Å². The van der Waals surface area contributed by atoms with Crippen LogP contribution in [-0.4, -0.2) is 5.78 Å². The van der Waals surface area contributed by atoms with E-state index in [0.717, 1.165) is 6.42 Å². The molecule has 1 aromatic carbocycles. The van der Waals surface area contributed by atoms with Crippen LogP contribution in [-0.2, 0) is 11.2 Å². The first-order valence-electron chi connectivity index (χ1n) is 6.43. The van der Waals surface area contributed by atoms with Gasteiger partial charge in [0.1, 0.15) is 5.78 Å². The predicted molar refractivity (Wildman–Crippen MR) is 73.3 cm³/mol. The van der Waals surface area contributed by atoms with Crippen molar-refractivity contribution >= 4 is 5.78 Å². The third-order valence-corrected chi connectivity index (χ3v) is 3.12. The van der Waals surface area contributed by atoms with Gasteiger partial charge in [-0.1, -0.05) is 58.9 Å². The molecule has 1 heteroatoms. The molecule has 1 aromatic rings. The summed E-state index contributed by atoms with van der Waals surface area (Å²) in [5.74, 6) is 0.908. The van der Waals surface area contributed by atoms with Crippen LogP contribution in [0, 0.1) is 5.41 Å². The molecule has 0 atom stereocenters. The molecule has 1 nitrogen and oxygen atoms in total. The summed E-state index contributed by atoms with van der Waals surface area (Å²) in [7, 11) is 0. The van der Waals surface area contributed by atoms with Gasteiger partial charge in [-0.3, -0.25) is 4.79 Å². The Hall–Kier alpha value is -1.11. The third-order valence-electron chi connectivity index (χ3n) is 3.12.